The third kappa shape index (κ3) is 3.26. The van der Waals surface area contributed by atoms with Crippen molar-refractivity contribution < 1.29 is 14.3 Å². The molecule has 0 N–H and O–H groups in total. The monoisotopic (exact) mass is 519 g/mol. The molecule has 4 heteroatoms. The van der Waals surface area contributed by atoms with Crippen molar-refractivity contribution in [3.05, 3.63) is 35.2 Å². The molecule has 5 aliphatic rings. The Bertz CT molecular complexity index is 1150. The summed E-state index contributed by atoms with van der Waals surface area (Å²) in [6.07, 6.45) is 10.6. The van der Waals surface area contributed by atoms with Gasteiger partial charge in [0.05, 0.1) is 12.5 Å². The summed E-state index contributed by atoms with van der Waals surface area (Å²) >= 11 is 0. The van der Waals surface area contributed by atoms with Gasteiger partial charge >= 0.3 is 5.97 Å². The Hall–Kier alpha value is -1.89. The predicted octanol–water partition coefficient (Wildman–Crippen LogP) is 7.98. The molecule has 0 bridgehead atoms. The van der Waals surface area contributed by atoms with Gasteiger partial charge in [0, 0.05) is 11.8 Å². The Kier molecular flexibility index (Phi) is 6.05. The van der Waals surface area contributed by atoms with Gasteiger partial charge < -0.3 is 9.58 Å². The number of fused-ring (bicyclic) bond motifs is 7. The zero-order valence-electron chi connectivity index (χ0n) is 25.1. The molecule has 4 saturated carbocycles. The van der Waals surface area contributed by atoms with Crippen LogP contribution in [0, 0.1) is 56.8 Å². The van der Waals surface area contributed by atoms with Gasteiger partial charge in [-0.25, -0.2) is 6.57 Å². The zero-order valence-corrected chi connectivity index (χ0v) is 25.1. The summed E-state index contributed by atoms with van der Waals surface area (Å²) in [4.78, 5) is 30.8. The highest BCUT2D eigenvalue weighted by atomic mass is 16.5. The van der Waals surface area contributed by atoms with Crippen LogP contribution < -0.4 is 0 Å². The lowest BCUT2D eigenvalue weighted by molar-refractivity contribution is -0.191. The van der Waals surface area contributed by atoms with Gasteiger partial charge in [-0.15, -0.1) is 0 Å². The van der Waals surface area contributed by atoms with Gasteiger partial charge in [0.2, 0.25) is 5.78 Å². The molecule has 8 atom stereocenters. The van der Waals surface area contributed by atoms with Crippen molar-refractivity contribution >= 4 is 11.8 Å². The Morgan fingerprint density at radius 3 is 2.26 bits per heavy atom. The number of ketones is 1. The molecule has 0 amide bonds. The second-order valence-electron chi connectivity index (χ2n) is 15.8. The molecule has 0 aromatic rings. The third-order valence-corrected chi connectivity index (χ3v) is 13.5. The van der Waals surface area contributed by atoms with Gasteiger partial charge in [-0.05, 0) is 96.4 Å². The van der Waals surface area contributed by atoms with E-state index in [1.165, 1.54) is 11.1 Å². The average molecular weight is 520 g/mol. The maximum absolute atomic E-state index is 13.6. The fourth-order valence-corrected chi connectivity index (χ4v) is 11.2. The first-order valence-electron chi connectivity index (χ1n) is 14.9. The molecule has 0 heterocycles. The molecule has 0 aromatic carbocycles. The van der Waals surface area contributed by atoms with E-state index in [2.05, 4.69) is 66.0 Å². The normalized spacial score (nSPS) is 47.0. The molecule has 5 rings (SSSR count). The van der Waals surface area contributed by atoms with Crippen molar-refractivity contribution in [1.82, 2.24) is 0 Å². The minimum Gasteiger partial charge on any atom is -0.469 e. The first-order valence-corrected chi connectivity index (χ1v) is 14.9. The molecular formula is C34H49NO3. The lowest BCUT2D eigenvalue weighted by Gasteiger charge is -2.71. The molecule has 0 radical (unpaired) electrons. The Labute approximate surface area is 230 Å². The van der Waals surface area contributed by atoms with Crippen molar-refractivity contribution in [3.63, 3.8) is 0 Å². The number of carbonyl (C=O) groups excluding carboxylic acids is 2. The molecule has 0 aliphatic heterocycles. The maximum Gasteiger partial charge on any atom is 0.312 e. The summed E-state index contributed by atoms with van der Waals surface area (Å²) in [7, 11) is 1.56. The second-order valence-corrected chi connectivity index (χ2v) is 15.8. The van der Waals surface area contributed by atoms with E-state index < -0.39 is 16.9 Å². The molecule has 38 heavy (non-hydrogen) atoms. The molecule has 208 valence electrons. The van der Waals surface area contributed by atoms with Crippen molar-refractivity contribution in [1.29, 1.82) is 0 Å². The van der Waals surface area contributed by atoms with E-state index in [4.69, 9.17) is 11.3 Å². The van der Waals surface area contributed by atoms with Crippen LogP contribution in [0.3, 0.4) is 0 Å². The van der Waals surface area contributed by atoms with Gasteiger partial charge in [-0.2, -0.15) is 0 Å². The minimum absolute atomic E-state index is 0.0219. The van der Waals surface area contributed by atoms with Crippen LogP contribution >= 0.6 is 0 Å². The summed E-state index contributed by atoms with van der Waals surface area (Å²) in [6, 6.07) is -0.545. The summed E-state index contributed by atoms with van der Waals surface area (Å²) in [5.41, 5.74) is 1.97. The van der Waals surface area contributed by atoms with Crippen LogP contribution in [-0.2, 0) is 14.3 Å². The highest BCUT2D eigenvalue weighted by Crippen LogP contribution is 2.76. The third-order valence-electron chi connectivity index (χ3n) is 13.5. The Balaban J connectivity index is 1.70. The number of methoxy groups -OCH3 is 1. The number of hydrogen-bond donors (Lipinski definition) is 0. The number of hydrogen-bond acceptors (Lipinski definition) is 3. The molecule has 0 saturated heterocycles. The fourth-order valence-electron chi connectivity index (χ4n) is 11.2. The van der Waals surface area contributed by atoms with Crippen LogP contribution in [-0.4, -0.2) is 24.9 Å². The molecular weight excluding hydrogens is 470 g/mol. The number of nitrogens with zero attached hydrogens (tertiary/aromatic N) is 1. The number of rotatable bonds is 2. The Morgan fingerprint density at radius 2 is 1.66 bits per heavy atom. The summed E-state index contributed by atoms with van der Waals surface area (Å²) < 4.78 is 5.53. The average Bonchev–Trinajstić information content (AvgIpc) is 2.85. The van der Waals surface area contributed by atoms with Gasteiger partial charge in [0.15, 0.2) is 0 Å². The molecule has 0 spiro atoms. The minimum atomic E-state index is -0.545. The molecule has 2 unspecified atom stereocenters. The Morgan fingerprint density at radius 1 is 1.00 bits per heavy atom. The molecule has 4 nitrogen and oxygen atoms in total. The predicted molar refractivity (Wildman–Crippen MR) is 151 cm³/mol. The molecule has 4 fully saturated rings. The van der Waals surface area contributed by atoms with Gasteiger partial charge in [-0.3, -0.25) is 9.59 Å². The summed E-state index contributed by atoms with van der Waals surface area (Å²) in [5.74, 6) is 0.946. The standard InChI is InChI=1S/C34H49NO3/c1-11-21-18-25-31(6)20-23(35-9)27(36)30(4,5)24(31)12-13-32(25,7)33(8)15-17-34(28(37)38-10)16-14-29(2,3)19-22(34)26(21)33/h11,22-25H,1,12-20H2,2-8,10H3/t22-,23?,24-,25?,31-,32+,33+,34-/m0/s1. The van der Waals surface area contributed by atoms with Crippen LogP contribution in [0.4, 0.5) is 0 Å². The maximum atomic E-state index is 13.6. The second kappa shape index (κ2) is 8.31. The van der Waals surface area contributed by atoms with Crippen LogP contribution in [0.15, 0.2) is 23.8 Å². The van der Waals surface area contributed by atoms with E-state index in [1.807, 2.05) is 0 Å². The van der Waals surface area contributed by atoms with E-state index in [0.29, 0.717) is 12.3 Å². The van der Waals surface area contributed by atoms with Crippen LogP contribution in [0.1, 0.15) is 106 Å². The molecule has 5 aliphatic carbocycles. The number of ether oxygens (including phenoxy) is 1. The van der Waals surface area contributed by atoms with Crippen molar-refractivity contribution in [2.75, 3.05) is 7.11 Å². The van der Waals surface area contributed by atoms with Crippen molar-refractivity contribution in [2.24, 2.45) is 50.2 Å². The zero-order chi connectivity index (χ0) is 28.1. The number of allylic oxidation sites excluding steroid dienone is 3. The van der Waals surface area contributed by atoms with Crippen molar-refractivity contribution in [2.45, 2.75) is 112 Å². The summed E-state index contributed by atoms with van der Waals surface area (Å²) in [5, 5.41) is 0. The lowest BCUT2D eigenvalue weighted by Crippen LogP contribution is -2.66. The lowest BCUT2D eigenvalue weighted by atomic mass is 9.32. The largest absolute Gasteiger partial charge is 0.469 e. The van der Waals surface area contributed by atoms with Gasteiger partial charge in [-0.1, -0.05) is 66.7 Å². The first kappa shape index (κ1) is 27.7. The molecule has 0 aromatic heterocycles. The van der Waals surface area contributed by atoms with Gasteiger partial charge in [0.1, 0.15) is 0 Å². The summed E-state index contributed by atoms with van der Waals surface area (Å²) in [6.45, 7) is 28.6. The van der Waals surface area contributed by atoms with E-state index in [-0.39, 0.29) is 45.2 Å². The highest BCUT2D eigenvalue weighted by Gasteiger charge is 2.71. The van der Waals surface area contributed by atoms with Crippen molar-refractivity contribution in [3.8, 4) is 0 Å². The van der Waals surface area contributed by atoms with E-state index in [9.17, 15) is 9.59 Å². The van der Waals surface area contributed by atoms with E-state index >= 15 is 0 Å². The number of Topliss-reactive ketones (excluding diaryl/α,β-unsaturated/α-hetero) is 1. The van der Waals surface area contributed by atoms with Crippen LogP contribution in [0.25, 0.3) is 4.85 Å². The van der Waals surface area contributed by atoms with Gasteiger partial charge in [0.25, 0.3) is 6.04 Å². The van der Waals surface area contributed by atoms with Crippen LogP contribution in [0.2, 0.25) is 0 Å². The van der Waals surface area contributed by atoms with E-state index in [0.717, 1.165) is 51.4 Å². The van der Waals surface area contributed by atoms with E-state index in [1.54, 1.807) is 7.11 Å². The number of carbonyl (C=O) groups is 2. The highest BCUT2D eigenvalue weighted by molar-refractivity contribution is 5.92. The number of esters is 1. The first-order chi connectivity index (χ1) is 17.6. The SMILES string of the molecule is [C-]#[N+]C1C[C@]2(C)C3CC(C=C)=C4[C@@H]5CC(C)(C)CC[C@]5(C(=O)OC)CC[C@@]4(C)[C@]3(C)CC[C@H]2C(C)(C)C1=O. The quantitative estimate of drug-likeness (QED) is 0.274. The smallest absolute Gasteiger partial charge is 0.312 e. The fraction of sp³-hybridized carbons (Fsp3) is 0.794. The topological polar surface area (TPSA) is 47.7 Å². The van der Waals surface area contributed by atoms with Crippen LogP contribution in [0.5, 0.6) is 0 Å².